The van der Waals surface area contributed by atoms with Crippen molar-refractivity contribution in [1.82, 2.24) is 4.90 Å². The van der Waals surface area contributed by atoms with Crippen molar-refractivity contribution in [2.75, 3.05) is 25.5 Å². The summed E-state index contributed by atoms with van der Waals surface area (Å²) in [6, 6.07) is 0. The van der Waals surface area contributed by atoms with Crippen molar-refractivity contribution in [1.29, 1.82) is 0 Å². The molecule has 1 aromatic rings. The SMILES string of the molecule is CCN(CC)C(=O)c1c(NC(=O)OC(C)(C)C)csc1C(=O)OC. The fraction of sp³-hybridized carbons (Fsp3) is 0.562. The topological polar surface area (TPSA) is 84.9 Å². The summed E-state index contributed by atoms with van der Waals surface area (Å²) >= 11 is 1.04. The average Bonchev–Trinajstić information content (AvgIpc) is 2.88. The molecule has 0 saturated carbocycles. The van der Waals surface area contributed by atoms with Gasteiger partial charge in [0.2, 0.25) is 0 Å². The Morgan fingerprint density at radius 3 is 2.25 bits per heavy atom. The van der Waals surface area contributed by atoms with Crippen molar-refractivity contribution < 1.29 is 23.9 Å². The van der Waals surface area contributed by atoms with E-state index in [-0.39, 0.29) is 22.0 Å². The normalized spacial score (nSPS) is 10.9. The summed E-state index contributed by atoms with van der Waals surface area (Å²) in [5.41, 5.74) is -0.304. The van der Waals surface area contributed by atoms with Crippen LogP contribution in [-0.2, 0) is 9.47 Å². The number of anilines is 1. The maximum Gasteiger partial charge on any atom is 0.412 e. The number of ether oxygens (including phenoxy) is 2. The number of nitrogens with zero attached hydrogens (tertiary/aromatic N) is 1. The van der Waals surface area contributed by atoms with Crippen molar-refractivity contribution in [3.63, 3.8) is 0 Å². The van der Waals surface area contributed by atoms with Crippen LogP contribution in [0.5, 0.6) is 0 Å². The molecule has 1 aromatic heterocycles. The van der Waals surface area contributed by atoms with Gasteiger partial charge < -0.3 is 14.4 Å². The molecule has 2 amide bonds. The molecular formula is C16H24N2O5S. The molecule has 0 aliphatic carbocycles. The standard InChI is InChI=1S/C16H24N2O5S/c1-7-18(8-2)13(19)11-10(9-24-12(11)14(20)22-6)17-15(21)23-16(3,4)5/h9H,7-8H2,1-6H3,(H,17,21). The summed E-state index contributed by atoms with van der Waals surface area (Å²) in [5, 5.41) is 4.08. The summed E-state index contributed by atoms with van der Waals surface area (Å²) in [4.78, 5) is 38.4. The molecule has 134 valence electrons. The Bertz CT molecular complexity index is 614. The van der Waals surface area contributed by atoms with Crippen LogP contribution in [0, 0.1) is 0 Å². The Hall–Kier alpha value is -2.09. The van der Waals surface area contributed by atoms with Crippen LogP contribution in [0.4, 0.5) is 10.5 Å². The number of nitrogens with one attached hydrogen (secondary N) is 1. The van der Waals surface area contributed by atoms with Crippen molar-refractivity contribution in [3.05, 3.63) is 15.8 Å². The molecule has 0 unspecified atom stereocenters. The monoisotopic (exact) mass is 356 g/mol. The molecule has 0 radical (unpaired) electrons. The lowest BCUT2D eigenvalue weighted by molar-refractivity contribution is 0.0593. The molecule has 0 saturated heterocycles. The van der Waals surface area contributed by atoms with Gasteiger partial charge in [-0.25, -0.2) is 9.59 Å². The summed E-state index contributed by atoms with van der Waals surface area (Å²) < 4.78 is 9.93. The molecule has 1 heterocycles. The lowest BCUT2D eigenvalue weighted by Crippen LogP contribution is -2.32. The third kappa shape index (κ3) is 4.95. The second kappa shape index (κ2) is 8.14. The number of esters is 1. The Labute approximate surface area is 145 Å². The zero-order valence-corrected chi connectivity index (χ0v) is 15.7. The summed E-state index contributed by atoms with van der Waals surface area (Å²) in [6.45, 7) is 9.86. The number of carbonyl (C=O) groups is 3. The van der Waals surface area contributed by atoms with Gasteiger partial charge in [0.1, 0.15) is 10.5 Å². The highest BCUT2D eigenvalue weighted by Gasteiger charge is 2.28. The highest BCUT2D eigenvalue weighted by atomic mass is 32.1. The van der Waals surface area contributed by atoms with Gasteiger partial charge in [-0.15, -0.1) is 11.3 Å². The average molecular weight is 356 g/mol. The number of hydrogen-bond acceptors (Lipinski definition) is 6. The molecule has 0 aromatic carbocycles. The maximum atomic E-state index is 12.7. The van der Waals surface area contributed by atoms with Crippen molar-refractivity contribution in [2.45, 2.75) is 40.2 Å². The number of methoxy groups -OCH3 is 1. The molecule has 7 nitrogen and oxygen atoms in total. The molecule has 0 fully saturated rings. The van der Waals surface area contributed by atoms with E-state index in [9.17, 15) is 14.4 Å². The van der Waals surface area contributed by atoms with Gasteiger partial charge in [-0.1, -0.05) is 0 Å². The van der Waals surface area contributed by atoms with Gasteiger partial charge in [0, 0.05) is 18.5 Å². The molecule has 0 spiro atoms. The number of thiophene rings is 1. The minimum absolute atomic E-state index is 0.126. The molecular weight excluding hydrogens is 332 g/mol. The number of amides is 2. The van der Waals surface area contributed by atoms with Crippen LogP contribution in [0.2, 0.25) is 0 Å². The first-order valence-corrected chi connectivity index (χ1v) is 8.51. The smallest absolute Gasteiger partial charge is 0.412 e. The Morgan fingerprint density at radius 2 is 1.79 bits per heavy atom. The minimum atomic E-state index is -0.690. The second-order valence-corrected chi connectivity index (χ2v) is 6.83. The first-order valence-electron chi connectivity index (χ1n) is 7.63. The van der Waals surface area contributed by atoms with Gasteiger partial charge in [-0.05, 0) is 34.6 Å². The molecule has 24 heavy (non-hydrogen) atoms. The highest BCUT2D eigenvalue weighted by molar-refractivity contribution is 7.13. The van der Waals surface area contributed by atoms with Crippen molar-refractivity contribution >= 4 is 35.0 Å². The van der Waals surface area contributed by atoms with Crippen molar-refractivity contribution in [3.8, 4) is 0 Å². The van der Waals surface area contributed by atoms with Crippen LogP contribution in [0.25, 0.3) is 0 Å². The molecule has 0 aliphatic heterocycles. The second-order valence-electron chi connectivity index (χ2n) is 5.95. The van der Waals surface area contributed by atoms with Gasteiger partial charge in [-0.3, -0.25) is 10.1 Å². The van der Waals surface area contributed by atoms with Gasteiger partial charge in [0.25, 0.3) is 5.91 Å². The predicted octanol–water partition coefficient (Wildman–Crippen LogP) is 3.36. The molecule has 0 bridgehead atoms. The first-order chi connectivity index (χ1) is 11.1. The molecule has 0 aliphatic rings. The van der Waals surface area contributed by atoms with E-state index in [0.29, 0.717) is 13.1 Å². The van der Waals surface area contributed by atoms with Crippen LogP contribution >= 0.6 is 11.3 Å². The van der Waals surface area contributed by atoms with Crippen LogP contribution in [-0.4, -0.2) is 48.7 Å². The minimum Gasteiger partial charge on any atom is -0.465 e. The maximum absolute atomic E-state index is 12.7. The summed E-state index contributed by atoms with van der Waals surface area (Å²) in [5.74, 6) is -0.958. The van der Waals surface area contributed by atoms with E-state index < -0.39 is 17.7 Å². The van der Waals surface area contributed by atoms with Crippen LogP contribution in [0.3, 0.4) is 0 Å². The Morgan fingerprint density at radius 1 is 1.21 bits per heavy atom. The number of carbonyl (C=O) groups excluding carboxylic acids is 3. The van der Waals surface area contributed by atoms with E-state index in [0.717, 1.165) is 11.3 Å². The zero-order valence-electron chi connectivity index (χ0n) is 14.9. The summed E-state index contributed by atoms with van der Waals surface area (Å²) in [6.07, 6.45) is -0.690. The van der Waals surface area contributed by atoms with Crippen LogP contribution in [0.15, 0.2) is 5.38 Å². The number of rotatable bonds is 5. The van der Waals surface area contributed by atoms with Gasteiger partial charge >= 0.3 is 12.1 Å². The van der Waals surface area contributed by atoms with E-state index in [1.165, 1.54) is 12.5 Å². The van der Waals surface area contributed by atoms with E-state index in [1.54, 1.807) is 25.7 Å². The third-order valence-electron chi connectivity index (χ3n) is 3.06. The van der Waals surface area contributed by atoms with Crippen LogP contribution in [0.1, 0.15) is 54.6 Å². The van der Waals surface area contributed by atoms with E-state index in [2.05, 4.69) is 5.32 Å². The van der Waals surface area contributed by atoms with Crippen molar-refractivity contribution in [2.24, 2.45) is 0 Å². The van der Waals surface area contributed by atoms with Gasteiger partial charge in [0.05, 0.1) is 18.4 Å². The first kappa shape index (κ1) is 20.0. The fourth-order valence-corrected chi connectivity index (χ4v) is 2.89. The van der Waals surface area contributed by atoms with Gasteiger partial charge in [-0.2, -0.15) is 0 Å². The quantitative estimate of drug-likeness (QED) is 0.818. The highest BCUT2D eigenvalue weighted by Crippen LogP contribution is 2.30. The van der Waals surface area contributed by atoms with E-state index >= 15 is 0 Å². The molecule has 8 heteroatoms. The third-order valence-corrected chi connectivity index (χ3v) is 4.02. The predicted molar refractivity (Wildman–Crippen MR) is 92.8 cm³/mol. The molecule has 1 rings (SSSR count). The van der Waals surface area contributed by atoms with Crippen LogP contribution < -0.4 is 5.32 Å². The lowest BCUT2D eigenvalue weighted by atomic mass is 10.2. The fourth-order valence-electron chi connectivity index (χ4n) is 1.99. The zero-order chi connectivity index (χ0) is 18.5. The molecule has 1 N–H and O–H groups in total. The largest absolute Gasteiger partial charge is 0.465 e. The van der Waals surface area contributed by atoms with E-state index in [4.69, 9.17) is 9.47 Å². The number of hydrogen-bond donors (Lipinski definition) is 1. The lowest BCUT2D eigenvalue weighted by Gasteiger charge is -2.21. The Balaban J connectivity index is 3.21. The summed E-state index contributed by atoms with van der Waals surface area (Å²) in [7, 11) is 1.24. The van der Waals surface area contributed by atoms with E-state index in [1.807, 2.05) is 13.8 Å². The molecule has 0 atom stereocenters. The Kier molecular flexibility index (Phi) is 6.77. The van der Waals surface area contributed by atoms with Gasteiger partial charge in [0.15, 0.2) is 0 Å².